The molecule has 0 aliphatic carbocycles. The Kier molecular flexibility index (Phi) is 4.78. The molecule has 0 fully saturated rings. The Labute approximate surface area is 125 Å². The molecule has 0 unspecified atom stereocenters. The lowest BCUT2D eigenvalue weighted by molar-refractivity contribution is -0.131. The highest BCUT2D eigenvalue weighted by Crippen LogP contribution is 2.21. The highest BCUT2D eigenvalue weighted by atomic mass is 32.2. The number of benzene rings is 1. The Morgan fingerprint density at radius 2 is 1.81 bits per heavy atom. The van der Waals surface area contributed by atoms with E-state index >= 15 is 0 Å². The monoisotopic (exact) mass is 302 g/mol. The molecule has 6 nitrogen and oxygen atoms in total. The number of carboxylic acid groups (broad SMARTS) is 1. The first-order chi connectivity index (χ1) is 10.0. The van der Waals surface area contributed by atoms with Gasteiger partial charge in [0.05, 0.1) is 0 Å². The maximum Gasteiger partial charge on any atom is 0.328 e. The van der Waals surface area contributed by atoms with Gasteiger partial charge < -0.3 is 16.6 Å². The van der Waals surface area contributed by atoms with E-state index < -0.39 is 5.97 Å². The fraction of sp³-hybridized carbons (Fsp3) is 0.0714. The Bertz CT molecular complexity index is 651. The molecule has 0 amide bonds. The van der Waals surface area contributed by atoms with E-state index in [0.29, 0.717) is 22.5 Å². The van der Waals surface area contributed by atoms with Crippen molar-refractivity contribution in [2.24, 2.45) is 0 Å². The van der Waals surface area contributed by atoms with Crippen LogP contribution in [-0.2, 0) is 10.5 Å². The summed E-state index contributed by atoms with van der Waals surface area (Å²) >= 11 is 1.43. The molecule has 1 aromatic heterocycles. The summed E-state index contributed by atoms with van der Waals surface area (Å²) in [5, 5.41) is 9.09. The molecule has 21 heavy (non-hydrogen) atoms. The zero-order valence-electron chi connectivity index (χ0n) is 11.1. The highest BCUT2D eigenvalue weighted by molar-refractivity contribution is 7.98. The molecule has 7 heteroatoms. The lowest BCUT2D eigenvalue weighted by atomic mass is 10.1. The molecule has 0 atom stereocenters. The molecule has 0 saturated carbocycles. The van der Waals surface area contributed by atoms with Crippen LogP contribution in [0.2, 0.25) is 0 Å². The summed E-state index contributed by atoms with van der Waals surface area (Å²) in [6.45, 7) is 0. The second kappa shape index (κ2) is 6.76. The van der Waals surface area contributed by atoms with E-state index in [1.54, 1.807) is 6.08 Å². The van der Waals surface area contributed by atoms with Crippen molar-refractivity contribution in [3.63, 3.8) is 0 Å². The van der Waals surface area contributed by atoms with Crippen LogP contribution in [0.1, 0.15) is 11.1 Å². The largest absolute Gasteiger partial charge is 0.478 e. The third-order valence-corrected chi connectivity index (χ3v) is 3.43. The van der Waals surface area contributed by atoms with Gasteiger partial charge in [-0.3, -0.25) is 0 Å². The highest BCUT2D eigenvalue weighted by Gasteiger charge is 2.02. The average molecular weight is 302 g/mol. The number of hydrogen-bond acceptors (Lipinski definition) is 6. The number of thioether (sulfide) groups is 1. The Balaban J connectivity index is 1.99. The maximum atomic E-state index is 10.4. The van der Waals surface area contributed by atoms with E-state index in [0.717, 1.165) is 17.2 Å². The van der Waals surface area contributed by atoms with Gasteiger partial charge in [-0.15, -0.1) is 0 Å². The van der Waals surface area contributed by atoms with Crippen molar-refractivity contribution in [3.05, 3.63) is 47.5 Å². The molecule has 0 saturated heterocycles. The predicted octanol–water partition coefficient (Wildman–Crippen LogP) is 2.03. The summed E-state index contributed by atoms with van der Waals surface area (Å²) in [6.07, 6.45) is 2.65. The second-order valence-electron chi connectivity index (χ2n) is 4.20. The van der Waals surface area contributed by atoms with Gasteiger partial charge in [0, 0.05) is 17.9 Å². The molecule has 2 aromatic rings. The summed E-state index contributed by atoms with van der Waals surface area (Å²) in [4.78, 5) is 18.6. The fourth-order valence-corrected chi connectivity index (χ4v) is 2.39. The number of nitrogens with two attached hydrogens (primary N) is 2. The van der Waals surface area contributed by atoms with Crippen LogP contribution in [-0.4, -0.2) is 21.0 Å². The first kappa shape index (κ1) is 14.9. The van der Waals surface area contributed by atoms with Gasteiger partial charge in [0.15, 0.2) is 5.16 Å². The van der Waals surface area contributed by atoms with Gasteiger partial charge in [-0.05, 0) is 17.2 Å². The third-order valence-electron chi connectivity index (χ3n) is 2.51. The number of aliphatic carboxylic acids is 1. The van der Waals surface area contributed by atoms with Gasteiger partial charge in [0.2, 0.25) is 0 Å². The van der Waals surface area contributed by atoms with Crippen LogP contribution in [0.15, 0.2) is 41.6 Å². The number of carboxylic acids is 1. The quantitative estimate of drug-likeness (QED) is 0.439. The maximum absolute atomic E-state index is 10.4. The van der Waals surface area contributed by atoms with Gasteiger partial charge in [0.1, 0.15) is 11.6 Å². The van der Waals surface area contributed by atoms with Gasteiger partial charge in [-0.25, -0.2) is 14.8 Å². The van der Waals surface area contributed by atoms with Crippen LogP contribution in [0, 0.1) is 0 Å². The average Bonchev–Trinajstić information content (AvgIpc) is 2.43. The lowest BCUT2D eigenvalue weighted by Crippen LogP contribution is -1.99. The van der Waals surface area contributed by atoms with Gasteiger partial charge in [-0.1, -0.05) is 36.0 Å². The molecule has 1 heterocycles. The van der Waals surface area contributed by atoms with E-state index in [9.17, 15) is 4.79 Å². The molecule has 1 aromatic carbocycles. The number of carbonyl (C=O) groups is 1. The van der Waals surface area contributed by atoms with Crippen molar-refractivity contribution in [1.82, 2.24) is 9.97 Å². The van der Waals surface area contributed by atoms with E-state index in [4.69, 9.17) is 16.6 Å². The van der Waals surface area contributed by atoms with Crippen LogP contribution in [0.4, 0.5) is 11.6 Å². The summed E-state index contributed by atoms with van der Waals surface area (Å²) in [5.74, 6) is 0.399. The molecule has 2 rings (SSSR count). The third kappa shape index (κ3) is 4.81. The van der Waals surface area contributed by atoms with Crippen LogP contribution in [0.5, 0.6) is 0 Å². The van der Waals surface area contributed by atoms with Crippen molar-refractivity contribution in [1.29, 1.82) is 0 Å². The van der Waals surface area contributed by atoms with Crippen LogP contribution in [0.25, 0.3) is 6.08 Å². The molecule has 0 bridgehead atoms. The molecule has 5 N–H and O–H groups in total. The summed E-state index contributed by atoms with van der Waals surface area (Å²) in [5.41, 5.74) is 13.1. The predicted molar refractivity (Wildman–Crippen MR) is 83.5 cm³/mol. The lowest BCUT2D eigenvalue weighted by Gasteiger charge is -2.03. The van der Waals surface area contributed by atoms with Crippen molar-refractivity contribution in [3.8, 4) is 0 Å². The molecule has 0 spiro atoms. The van der Waals surface area contributed by atoms with Crippen LogP contribution >= 0.6 is 11.8 Å². The van der Waals surface area contributed by atoms with Crippen molar-refractivity contribution >= 4 is 35.4 Å². The van der Waals surface area contributed by atoms with E-state index in [-0.39, 0.29) is 0 Å². The van der Waals surface area contributed by atoms with E-state index in [1.807, 2.05) is 24.3 Å². The topological polar surface area (TPSA) is 115 Å². The smallest absolute Gasteiger partial charge is 0.328 e. The molecule has 108 valence electrons. The minimum absolute atomic E-state index is 0.346. The Morgan fingerprint density at radius 1 is 1.19 bits per heavy atom. The molecule has 0 aliphatic heterocycles. The normalized spacial score (nSPS) is 10.9. The molecular formula is C14H14N4O2S. The SMILES string of the molecule is Nc1cc(N)nc(SCc2ccc(C=CC(=O)O)cc2)n1. The summed E-state index contributed by atoms with van der Waals surface area (Å²) < 4.78 is 0. The zero-order chi connectivity index (χ0) is 15.2. The Hall–Kier alpha value is -2.54. The van der Waals surface area contributed by atoms with Crippen LogP contribution < -0.4 is 11.5 Å². The molecule has 0 aliphatic rings. The van der Waals surface area contributed by atoms with Crippen molar-refractivity contribution < 1.29 is 9.90 Å². The van der Waals surface area contributed by atoms with E-state index in [1.165, 1.54) is 17.8 Å². The number of nitrogens with zero attached hydrogens (tertiary/aromatic N) is 2. The first-order valence-electron chi connectivity index (χ1n) is 6.06. The van der Waals surface area contributed by atoms with Gasteiger partial charge >= 0.3 is 5.97 Å². The minimum atomic E-state index is -0.967. The van der Waals surface area contributed by atoms with E-state index in [2.05, 4.69) is 9.97 Å². The number of rotatable bonds is 5. The minimum Gasteiger partial charge on any atom is -0.478 e. The number of nitrogen functional groups attached to an aromatic ring is 2. The summed E-state index contributed by atoms with van der Waals surface area (Å²) in [7, 11) is 0. The fourth-order valence-electron chi connectivity index (χ4n) is 1.57. The number of anilines is 2. The number of aromatic nitrogens is 2. The zero-order valence-corrected chi connectivity index (χ0v) is 11.9. The van der Waals surface area contributed by atoms with Gasteiger partial charge in [-0.2, -0.15) is 0 Å². The van der Waals surface area contributed by atoms with Crippen molar-refractivity contribution in [2.45, 2.75) is 10.9 Å². The Morgan fingerprint density at radius 3 is 2.38 bits per heavy atom. The van der Waals surface area contributed by atoms with Crippen LogP contribution in [0.3, 0.4) is 0 Å². The second-order valence-corrected chi connectivity index (χ2v) is 5.14. The van der Waals surface area contributed by atoms with Crippen molar-refractivity contribution in [2.75, 3.05) is 11.5 Å². The number of hydrogen-bond donors (Lipinski definition) is 3. The molecular weight excluding hydrogens is 288 g/mol. The standard InChI is InChI=1S/C14H14N4O2S/c15-11-7-12(16)18-14(17-11)21-8-10-3-1-9(2-4-10)5-6-13(19)20/h1-7H,8H2,(H,19,20)(H4,15,16,17,18). The first-order valence-corrected chi connectivity index (χ1v) is 7.04. The molecule has 0 radical (unpaired) electrons. The summed E-state index contributed by atoms with van der Waals surface area (Å²) in [6, 6.07) is 9.05. The van der Waals surface area contributed by atoms with Gasteiger partial charge in [0.25, 0.3) is 0 Å².